The first kappa shape index (κ1) is 15.9. The lowest BCUT2D eigenvalue weighted by Gasteiger charge is -2.05. The van der Waals surface area contributed by atoms with Gasteiger partial charge in [0.1, 0.15) is 11.3 Å². The number of pyridine rings is 1. The molecule has 2 heterocycles. The van der Waals surface area contributed by atoms with Crippen LogP contribution in [0, 0.1) is 0 Å². The molecule has 0 unspecified atom stereocenters. The monoisotopic (exact) mass is 369 g/mol. The van der Waals surface area contributed by atoms with Crippen molar-refractivity contribution in [2.24, 2.45) is 0 Å². The molecule has 124 valence electrons. The van der Waals surface area contributed by atoms with Gasteiger partial charge in [0.15, 0.2) is 0 Å². The summed E-state index contributed by atoms with van der Waals surface area (Å²) in [6, 6.07) is 14.5. The van der Waals surface area contributed by atoms with Crippen molar-refractivity contribution >= 4 is 34.3 Å². The number of benzene rings is 2. The highest BCUT2D eigenvalue weighted by atomic mass is 35.5. The molecule has 0 aliphatic carbocycles. The minimum Gasteiger partial charge on any atom is -0.506 e. The smallest absolute Gasteiger partial charge is 0.277 e. The summed E-state index contributed by atoms with van der Waals surface area (Å²) in [4.78, 5) is 4.23. The van der Waals surface area contributed by atoms with E-state index in [1.807, 2.05) is 30.3 Å². The molecular weight excluding hydrogens is 358 g/mol. The highest BCUT2D eigenvalue weighted by Crippen LogP contribution is 2.31. The average molecular weight is 370 g/mol. The van der Waals surface area contributed by atoms with Gasteiger partial charge in [0, 0.05) is 27.9 Å². The third kappa shape index (κ3) is 3.31. The van der Waals surface area contributed by atoms with Crippen molar-refractivity contribution in [3.8, 4) is 17.2 Å². The molecule has 5 nitrogen and oxygen atoms in total. The Labute approximate surface area is 152 Å². The van der Waals surface area contributed by atoms with Crippen molar-refractivity contribution in [2.75, 3.05) is 0 Å². The van der Waals surface area contributed by atoms with Crippen LogP contribution in [-0.4, -0.2) is 20.3 Å². The van der Waals surface area contributed by atoms with Gasteiger partial charge in [-0.25, -0.2) is 0 Å². The Hall–Kier alpha value is -2.57. The number of fused-ring (bicyclic) bond motifs is 1. The number of halogens is 1. The van der Waals surface area contributed by atoms with E-state index < -0.39 is 0 Å². The molecule has 0 atom stereocenters. The van der Waals surface area contributed by atoms with Gasteiger partial charge in [0.05, 0.1) is 0 Å². The zero-order valence-electron chi connectivity index (χ0n) is 12.9. The van der Waals surface area contributed by atoms with E-state index in [0.29, 0.717) is 27.4 Å². The van der Waals surface area contributed by atoms with E-state index in [9.17, 15) is 5.11 Å². The van der Waals surface area contributed by atoms with E-state index in [1.165, 1.54) is 11.8 Å². The van der Waals surface area contributed by atoms with Crippen molar-refractivity contribution in [2.45, 2.75) is 11.0 Å². The lowest BCUT2D eigenvalue weighted by molar-refractivity contribution is 0.466. The molecule has 7 heteroatoms. The summed E-state index contributed by atoms with van der Waals surface area (Å²) in [5, 5.41) is 20.1. The van der Waals surface area contributed by atoms with Crippen LogP contribution in [0.25, 0.3) is 22.4 Å². The van der Waals surface area contributed by atoms with Crippen molar-refractivity contribution < 1.29 is 9.52 Å². The molecule has 0 aliphatic heterocycles. The first-order chi connectivity index (χ1) is 12.2. The van der Waals surface area contributed by atoms with E-state index in [0.717, 1.165) is 16.5 Å². The maximum atomic E-state index is 9.91. The number of aromatic hydroxyl groups is 1. The second kappa shape index (κ2) is 6.74. The van der Waals surface area contributed by atoms with Crippen molar-refractivity contribution in [3.63, 3.8) is 0 Å². The molecular formula is C18H12ClN3O2S. The Morgan fingerprint density at radius 3 is 2.72 bits per heavy atom. The number of hydrogen-bond donors (Lipinski definition) is 1. The Kier molecular flexibility index (Phi) is 4.29. The third-order valence-corrected chi connectivity index (χ3v) is 4.81. The normalized spacial score (nSPS) is 11.1. The topological polar surface area (TPSA) is 72.0 Å². The van der Waals surface area contributed by atoms with Gasteiger partial charge in [-0.05, 0) is 42.0 Å². The van der Waals surface area contributed by atoms with E-state index in [1.54, 1.807) is 24.4 Å². The second-order valence-electron chi connectivity index (χ2n) is 5.31. The second-order valence-corrected chi connectivity index (χ2v) is 6.68. The van der Waals surface area contributed by atoms with Gasteiger partial charge in [-0.2, -0.15) is 0 Å². The molecule has 4 rings (SSSR count). The van der Waals surface area contributed by atoms with Gasteiger partial charge >= 0.3 is 0 Å². The molecule has 0 bridgehead atoms. The Morgan fingerprint density at radius 2 is 1.88 bits per heavy atom. The van der Waals surface area contributed by atoms with E-state index in [4.69, 9.17) is 16.0 Å². The highest BCUT2D eigenvalue weighted by Gasteiger charge is 2.11. The van der Waals surface area contributed by atoms with Gasteiger partial charge in [0.2, 0.25) is 5.89 Å². The SMILES string of the molecule is Oc1ccc(CSc2nnc(-c3ccc(Cl)cc3)o2)c2cccnc12. The summed E-state index contributed by atoms with van der Waals surface area (Å²) in [6.45, 7) is 0. The standard InChI is InChI=1S/C18H12ClN3O2S/c19-13-6-3-11(4-7-13)17-21-22-18(24-17)25-10-12-5-8-15(23)16-14(12)2-1-9-20-16/h1-9,23H,10H2. The molecule has 4 aromatic rings. The number of nitrogens with zero attached hydrogens (tertiary/aromatic N) is 3. The van der Waals surface area contributed by atoms with Crippen LogP contribution in [0.1, 0.15) is 5.56 Å². The van der Waals surface area contributed by atoms with Crippen LogP contribution in [-0.2, 0) is 5.75 Å². The van der Waals surface area contributed by atoms with Crippen molar-refractivity contribution in [3.05, 3.63) is 65.3 Å². The summed E-state index contributed by atoms with van der Waals surface area (Å²) in [5.74, 6) is 1.26. The van der Waals surface area contributed by atoms with E-state index in [2.05, 4.69) is 15.2 Å². The quantitative estimate of drug-likeness (QED) is 0.514. The summed E-state index contributed by atoms with van der Waals surface area (Å²) in [7, 11) is 0. The Bertz CT molecular complexity index is 1030. The predicted molar refractivity (Wildman–Crippen MR) is 97.7 cm³/mol. The summed E-state index contributed by atoms with van der Waals surface area (Å²) in [5.41, 5.74) is 2.45. The molecule has 25 heavy (non-hydrogen) atoms. The van der Waals surface area contributed by atoms with Gasteiger partial charge in [-0.3, -0.25) is 4.98 Å². The van der Waals surface area contributed by atoms with Crippen LogP contribution in [0.2, 0.25) is 5.02 Å². The number of aromatic nitrogens is 3. The molecule has 0 saturated heterocycles. The molecule has 0 fully saturated rings. The Morgan fingerprint density at radius 1 is 1.04 bits per heavy atom. The molecule has 2 aromatic heterocycles. The third-order valence-electron chi connectivity index (χ3n) is 3.69. The summed E-state index contributed by atoms with van der Waals surface area (Å²) >= 11 is 7.32. The van der Waals surface area contributed by atoms with Gasteiger partial charge in [-0.15, -0.1) is 10.2 Å². The van der Waals surface area contributed by atoms with Gasteiger partial charge in [-0.1, -0.05) is 35.5 Å². The number of rotatable bonds is 4. The number of phenols is 1. The predicted octanol–water partition coefficient (Wildman–Crippen LogP) is 4.94. The number of hydrogen-bond acceptors (Lipinski definition) is 6. The zero-order chi connectivity index (χ0) is 17.2. The maximum Gasteiger partial charge on any atom is 0.277 e. The first-order valence-corrected chi connectivity index (χ1v) is 8.85. The minimum absolute atomic E-state index is 0.173. The highest BCUT2D eigenvalue weighted by molar-refractivity contribution is 7.98. The number of phenolic OH excluding ortho intramolecular Hbond substituents is 1. The Balaban J connectivity index is 1.55. The molecule has 2 aromatic carbocycles. The number of thioether (sulfide) groups is 1. The zero-order valence-corrected chi connectivity index (χ0v) is 14.5. The average Bonchev–Trinajstić information content (AvgIpc) is 3.11. The largest absolute Gasteiger partial charge is 0.506 e. The molecule has 1 N–H and O–H groups in total. The van der Waals surface area contributed by atoms with Crippen LogP contribution < -0.4 is 0 Å². The maximum absolute atomic E-state index is 9.91. The fourth-order valence-electron chi connectivity index (χ4n) is 2.46. The van der Waals surface area contributed by atoms with Crippen molar-refractivity contribution in [1.82, 2.24) is 15.2 Å². The summed E-state index contributed by atoms with van der Waals surface area (Å²) in [6.07, 6.45) is 1.66. The molecule has 0 aliphatic rings. The van der Waals surface area contributed by atoms with Crippen LogP contribution >= 0.6 is 23.4 Å². The lowest BCUT2D eigenvalue weighted by Crippen LogP contribution is -1.87. The van der Waals surface area contributed by atoms with E-state index >= 15 is 0 Å². The fraction of sp³-hybridized carbons (Fsp3) is 0.0556. The van der Waals surface area contributed by atoms with Gasteiger partial charge in [0.25, 0.3) is 5.22 Å². The van der Waals surface area contributed by atoms with E-state index in [-0.39, 0.29) is 5.75 Å². The molecule has 0 spiro atoms. The fourth-order valence-corrected chi connectivity index (χ4v) is 3.35. The molecule has 0 amide bonds. The lowest BCUT2D eigenvalue weighted by atomic mass is 10.1. The van der Waals surface area contributed by atoms with Crippen molar-refractivity contribution in [1.29, 1.82) is 0 Å². The van der Waals surface area contributed by atoms with Crippen LogP contribution in [0.5, 0.6) is 5.75 Å². The van der Waals surface area contributed by atoms with Crippen LogP contribution in [0.4, 0.5) is 0 Å². The first-order valence-electron chi connectivity index (χ1n) is 7.48. The summed E-state index contributed by atoms with van der Waals surface area (Å²) < 4.78 is 5.70. The minimum atomic E-state index is 0.173. The molecule has 0 radical (unpaired) electrons. The van der Waals surface area contributed by atoms with Crippen LogP contribution in [0.3, 0.4) is 0 Å². The van der Waals surface area contributed by atoms with Gasteiger partial charge < -0.3 is 9.52 Å². The van der Waals surface area contributed by atoms with Crippen LogP contribution in [0.15, 0.2) is 64.4 Å². The molecule has 0 saturated carbocycles.